The van der Waals surface area contributed by atoms with E-state index in [1.54, 1.807) is 10.8 Å². The molecule has 1 aliphatic rings. The Morgan fingerprint density at radius 3 is 2.67 bits per heavy atom. The molecule has 2 N–H and O–H groups in total. The van der Waals surface area contributed by atoms with E-state index in [0.717, 1.165) is 55.9 Å². The van der Waals surface area contributed by atoms with Gasteiger partial charge in [-0.2, -0.15) is 0 Å². The smallest absolute Gasteiger partial charge is 0.331 e. The Balaban J connectivity index is 1.65. The number of anilines is 1. The molecule has 160 valence electrons. The first-order valence-electron chi connectivity index (χ1n) is 10.8. The van der Waals surface area contributed by atoms with Gasteiger partial charge in [-0.05, 0) is 43.9 Å². The SMILES string of the molecule is CCCn1c(=O)c2[nH]c(-c3ccc(NCC4CCCO4)nc3)cc2n(CCC)c1=O. The second kappa shape index (κ2) is 8.87. The van der Waals surface area contributed by atoms with E-state index in [-0.39, 0.29) is 17.4 Å². The molecule has 1 fully saturated rings. The van der Waals surface area contributed by atoms with E-state index in [2.05, 4.69) is 15.3 Å². The van der Waals surface area contributed by atoms with Crippen LogP contribution in [0.2, 0.25) is 0 Å². The van der Waals surface area contributed by atoms with Gasteiger partial charge in [0, 0.05) is 43.7 Å². The van der Waals surface area contributed by atoms with Crippen molar-refractivity contribution in [2.45, 2.75) is 58.7 Å². The van der Waals surface area contributed by atoms with Crippen molar-refractivity contribution in [1.29, 1.82) is 0 Å². The molecule has 4 heterocycles. The standard InChI is InChI=1S/C22H29N5O3/c1-3-9-26-18-12-17(25-20(18)21(28)27(10-4-2)22(26)29)15-7-8-19(23-13-15)24-14-16-6-5-11-30-16/h7-8,12-13,16,25H,3-6,9-11,14H2,1-2H3,(H,23,24). The van der Waals surface area contributed by atoms with Crippen LogP contribution in [0.4, 0.5) is 5.82 Å². The summed E-state index contributed by atoms with van der Waals surface area (Å²) in [5, 5.41) is 3.31. The van der Waals surface area contributed by atoms with Crippen LogP contribution in [0.3, 0.4) is 0 Å². The number of aromatic nitrogens is 4. The maximum atomic E-state index is 12.9. The maximum absolute atomic E-state index is 12.9. The minimum atomic E-state index is -0.265. The lowest BCUT2D eigenvalue weighted by molar-refractivity contribution is 0.120. The van der Waals surface area contributed by atoms with Crippen molar-refractivity contribution >= 4 is 16.9 Å². The Labute approximate surface area is 174 Å². The minimum Gasteiger partial charge on any atom is -0.376 e. The highest BCUT2D eigenvalue weighted by Gasteiger charge is 2.17. The van der Waals surface area contributed by atoms with Gasteiger partial charge in [0.1, 0.15) is 11.3 Å². The van der Waals surface area contributed by atoms with Crippen LogP contribution in [0.15, 0.2) is 34.0 Å². The van der Waals surface area contributed by atoms with Gasteiger partial charge in [-0.3, -0.25) is 13.9 Å². The molecule has 3 aromatic heterocycles. The number of ether oxygens (including phenoxy) is 1. The average molecular weight is 412 g/mol. The van der Waals surface area contributed by atoms with Gasteiger partial charge >= 0.3 is 5.69 Å². The summed E-state index contributed by atoms with van der Waals surface area (Å²) >= 11 is 0. The van der Waals surface area contributed by atoms with Crippen molar-refractivity contribution in [1.82, 2.24) is 19.1 Å². The van der Waals surface area contributed by atoms with Crippen LogP contribution in [0.25, 0.3) is 22.3 Å². The summed E-state index contributed by atoms with van der Waals surface area (Å²) in [6, 6.07) is 5.76. The summed E-state index contributed by atoms with van der Waals surface area (Å²) in [6.07, 6.45) is 5.75. The first-order valence-corrected chi connectivity index (χ1v) is 10.8. The van der Waals surface area contributed by atoms with Crippen LogP contribution < -0.4 is 16.6 Å². The van der Waals surface area contributed by atoms with E-state index < -0.39 is 0 Å². The monoisotopic (exact) mass is 411 g/mol. The first kappa shape index (κ1) is 20.4. The number of nitrogens with one attached hydrogen (secondary N) is 2. The van der Waals surface area contributed by atoms with Gasteiger partial charge in [0.2, 0.25) is 0 Å². The Morgan fingerprint density at radius 1 is 1.20 bits per heavy atom. The maximum Gasteiger partial charge on any atom is 0.331 e. The Morgan fingerprint density at radius 2 is 2.00 bits per heavy atom. The van der Waals surface area contributed by atoms with Crippen molar-refractivity contribution in [3.05, 3.63) is 45.2 Å². The van der Waals surface area contributed by atoms with Crippen LogP contribution in [0, 0.1) is 0 Å². The minimum absolute atomic E-state index is 0.242. The Kier molecular flexibility index (Phi) is 6.03. The highest BCUT2D eigenvalue weighted by atomic mass is 16.5. The molecule has 1 aliphatic heterocycles. The molecule has 0 aliphatic carbocycles. The van der Waals surface area contributed by atoms with E-state index in [9.17, 15) is 9.59 Å². The molecule has 8 nitrogen and oxygen atoms in total. The van der Waals surface area contributed by atoms with Gasteiger partial charge in [-0.1, -0.05) is 13.8 Å². The van der Waals surface area contributed by atoms with Crippen LogP contribution in [0.5, 0.6) is 0 Å². The Hall–Kier alpha value is -2.87. The topological polar surface area (TPSA) is 93.9 Å². The molecule has 0 saturated carbocycles. The van der Waals surface area contributed by atoms with Gasteiger partial charge in [0.15, 0.2) is 0 Å². The zero-order valence-electron chi connectivity index (χ0n) is 17.6. The molecule has 1 unspecified atom stereocenters. The highest BCUT2D eigenvalue weighted by molar-refractivity contribution is 5.82. The molecule has 1 atom stereocenters. The molecule has 8 heteroatoms. The van der Waals surface area contributed by atoms with Crippen LogP contribution in [0.1, 0.15) is 39.5 Å². The van der Waals surface area contributed by atoms with Crippen molar-refractivity contribution in [2.75, 3.05) is 18.5 Å². The number of nitrogens with zero attached hydrogens (tertiary/aromatic N) is 3. The molecule has 0 bridgehead atoms. The van der Waals surface area contributed by atoms with Crippen molar-refractivity contribution in [2.24, 2.45) is 0 Å². The number of hydrogen-bond acceptors (Lipinski definition) is 5. The summed E-state index contributed by atoms with van der Waals surface area (Å²) in [5.74, 6) is 0.790. The van der Waals surface area contributed by atoms with Crippen molar-refractivity contribution in [3.63, 3.8) is 0 Å². The number of aromatic amines is 1. The molecular weight excluding hydrogens is 382 g/mol. The fourth-order valence-corrected chi connectivity index (χ4v) is 3.99. The summed E-state index contributed by atoms with van der Waals surface area (Å²) in [6.45, 7) is 6.55. The van der Waals surface area contributed by atoms with E-state index >= 15 is 0 Å². The highest BCUT2D eigenvalue weighted by Crippen LogP contribution is 2.23. The lowest BCUT2D eigenvalue weighted by Gasteiger charge is -2.11. The normalized spacial score (nSPS) is 16.4. The molecule has 0 radical (unpaired) electrons. The number of H-pyrrole nitrogens is 1. The molecule has 0 spiro atoms. The quantitative estimate of drug-likeness (QED) is 0.594. The second-order valence-corrected chi connectivity index (χ2v) is 7.78. The van der Waals surface area contributed by atoms with Gasteiger partial charge in [0.05, 0.1) is 11.6 Å². The number of hydrogen-bond donors (Lipinski definition) is 2. The van der Waals surface area contributed by atoms with Crippen LogP contribution >= 0.6 is 0 Å². The number of fused-ring (bicyclic) bond motifs is 1. The summed E-state index contributed by atoms with van der Waals surface area (Å²) < 4.78 is 8.65. The summed E-state index contributed by atoms with van der Waals surface area (Å²) in [4.78, 5) is 33.4. The molecule has 0 aromatic carbocycles. The third-order valence-electron chi connectivity index (χ3n) is 5.51. The number of rotatable bonds is 8. The summed E-state index contributed by atoms with van der Waals surface area (Å²) in [5.41, 5.74) is 2.25. The lowest BCUT2D eigenvalue weighted by atomic mass is 10.2. The molecule has 1 saturated heterocycles. The van der Waals surface area contributed by atoms with Crippen LogP contribution in [-0.2, 0) is 17.8 Å². The predicted molar refractivity (Wildman–Crippen MR) is 118 cm³/mol. The second-order valence-electron chi connectivity index (χ2n) is 7.78. The van der Waals surface area contributed by atoms with E-state index in [4.69, 9.17) is 4.74 Å². The fraction of sp³-hybridized carbons (Fsp3) is 0.500. The third kappa shape index (κ3) is 3.92. The Bertz CT molecular complexity index is 1120. The van der Waals surface area contributed by atoms with Crippen molar-refractivity contribution < 1.29 is 4.74 Å². The fourth-order valence-electron chi connectivity index (χ4n) is 3.99. The zero-order valence-corrected chi connectivity index (χ0v) is 17.6. The lowest BCUT2D eigenvalue weighted by Crippen LogP contribution is -2.39. The predicted octanol–water partition coefficient (Wildman–Crippen LogP) is 2.96. The summed E-state index contributed by atoms with van der Waals surface area (Å²) in [7, 11) is 0. The van der Waals surface area contributed by atoms with E-state index in [1.165, 1.54) is 4.57 Å². The molecule has 3 aromatic rings. The zero-order chi connectivity index (χ0) is 21.1. The number of aryl methyl sites for hydroxylation is 1. The van der Waals surface area contributed by atoms with Gasteiger partial charge < -0.3 is 15.0 Å². The third-order valence-corrected chi connectivity index (χ3v) is 5.51. The van der Waals surface area contributed by atoms with Crippen molar-refractivity contribution in [3.8, 4) is 11.3 Å². The van der Waals surface area contributed by atoms with Gasteiger partial charge in [-0.25, -0.2) is 9.78 Å². The molecule has 0 amide bonds. The molecule has 4 rings (SSSR count). The van der Waals surface area contributed by atoms with Gasteiger partial charge in [-0.15, -0.1) is 0 Å². The van der Waals surface area contributed by atoms with Crippen LogP contribution in [-0.4, -0.2) is 38.4 Å². The largest absolute Gasteiger partial charge is 0.376 e. The van der Waals surface area contributed by atoms with E-state index in [1.807, 2.05) is 32.0 Å². The average Bonchev–Trinajstić information content (AvgIpc) is 3.43. The molecule has 30 heavy (non-hydrogen) atoms. The van der Waals surface area contributed by atoms with E-state index in [0.29, 0.717) is 24.1 Å². The number of pyridine rings is 1. The first-order chi connectivity index (χ1) is 14.6. The van der Waals surface area contributed by atoms with Gasteiger partial charge in [0.25, 0.3) is 5.56 Å². The molecular formula is C22H29N5O3.